The third-order valence-corrected chi connectivity index (χ3v) is 2.71. The first-order valence-corrected chi connectivity index (χ1v) is 5.30. The summed E-state index contributed by atoms with van der Waals surface area (Å²) in [5.41, 5.74) is 1.99. The highest BCUT2D eigenvalue weighted by Gasteiger charge is 2.10. The second-order valence-electron chi connectivity index (χ2n) is 3.95. The number of aliphatic hydroxyl groups excluding tert-OH is 1. The Balaban J connectivity index is 1.93. The summed E-state index contributed by atoms with van der Waals surface area (Å²) in [6.07, 6.45) is 6.36. The maximum Gasteiger partial charge on any atom is 0.0824 e. The van der Waals surface area contributed by atoms with Gasteiger partial charge in [-0.25, -0.2) is 0 Å². The molecular weight excluding hydrogens is 204 g/mol. The molecule has 0 spiro atoms. The molecule has 0 saturated heterocycles. The number of aliphatic hydroxyl groups is 1. The fourth-order valence-electron chi connectivity index (χ4n) is 1.71. The van der Waals surface area contributed by atoms with Crippen LogP contribution in [0.4, 0.5) is 0 Å². The van der Waals surface area contributed by atoms with E-state index in [0.717, 1.165) is 17.7 Å². The van der Waals surface area contributed by atoms with Crippen molar-refractivity contribution in [2.45, 2.75) is 18.9 Å². The molecule has 1 unspecified atom stereocenters. The predicted molar refractivity (Wildman–Crippen MR) is 59.7 cm³/mol. The van der Waals surface area contributed by atoms with E-state index in [-0.39, 0.29) is 0 Å². The Hall–Kier alpha value is -1.62. The van der Waals surface area contributed by atoms with Crippen LogP contribution in [0.25, 0.3) is 0 Å². The lowest BCUT2D eigenvalue weighted by Gasteiger charge is -2.08. The van der Waals surface area contributed by atoms with Crippen molar-refractivity contribution in [3.8, 4) is 0 Å². The number of aromatic nitrogens is 4. The third kappa shape index (κ3) is 2.30. The van der Waals surface area contributed by atoms with Crippen molar-refractivity contribution in [3.05, 3.63) is 35.9 Å². The van der Waals surface area contributed by atoms with Gasteiger partial charge in [0.05, 0.1) is 12.3 Å². The minimum absolute atomic E-state index is 0.455. The zero-order valence-corrected chi connectivity index (χ0v) is 9.54. The van der Waals surface area contributed by atoms with Gasteiger partial charge < -0.3 is 5.11 Å². The van der Waals surface area contributed by atoms with E-state index in [1.165, 1.54) is 0 Å². The van der Waals surface area contributed by atoms with Crippen LogP contribution in [-0.2, 0) is 20.5 Å². The largest absolute Gasteiger partial charge is 0.388 e. The Morgan fingerprint density at radius 3 is 2.75 bits per heavy atom. The molecule has 0 aliphatic carbocycles. The third-order valence-electron chi connectivity index (χ3n) is 2.71. The summed E-state index contributed by atoms with van der Waals surface area (Å²) in [5, 5.41) is 18.1. The highest BCUT2D eigenvalue weighted by molar-refractivity contribution is 5.09. The van der Waals surface area contributed by atoms with Gasteiger partial charge in [-0.05, 0) is 18.9 Å². The normalized spacial score (nSPS) is 12.9. The minimum Gasteiger partial charge on any atom is -0.388 e. The van der Waals surface area contributed by atoms with Gasteiger partial charge >= 0.3 is 0 Å². The molecule has 1 atom stereocenters. The average Bonchev–Trinajstić information content (AvgIpc) is 2.84. The molecule has 2 rings (SSSR count). The fraction of sp³-hybridized carbons (Fsp3) is 0.455. The summed E-state index contributed by atoms with van der Waals surface area (Å²) in [6.45, 7) is 0. The Labute approximate surface area is 94.3 Å². The highest BCUT2D eigenvalue weighted by Crippen LogP contribution is 2.17. The molecule has 0 radical (unpaired) electrons. The highest BCUT2D eigenvalue weighted by atomic mass is 16.3. The SMILES string of the molecule is Cn1cc(C(O)CCc2ccnn2C)cn1. The maximum absolute atomic E-state index is 9.94. The Morgan fingerprint density at radius 2 is 2.19 bits per heavy atom. The smallest absolute Gasteiger partial charge is 0.0824 e. The van der Waals surface area contributed by atoms with E-state index in [2.05, 4.69) is 10.2 Å². The molecule has 0 bridgehead atoms. The molecule has 0 aliphatic heterocycles. The Kier molecular flexibility index (Phi) is 3.05. The molecule has 2 aromatic rings. The quantitative estimate of drug-likeness (QED) is 0.830. The molecule has 0 aromatic carbocycles. The number of rotatable bonds is 4. The van der Waals surface area contributed by atoms with Gasteiger partial charge in [0.25, 0.3) is 0 Å². The second kappa shape index (κ2) is 4.49. The molecule has 0 saturated carbocycles. The topological polar surface area (TPSA) is 55.9 Å². The van der Waals surface area contributed by atoms with E-state index < -0.39 is 6.10 Å². The van der Waals surface area contributed by atoms with Gasteiger partial charge in [0.2, 0.25) is 0 Å². The summed E-state index contributed by atoms with van der Waals surface area (Å²) in [7, 11) is 3.75. The van der Waals surface area contributed by atoms with Gasteiger partial charge in [-0.2, -0.15) is 10.2 Å². The lowest BCUT2D eigenvalue weighted by atomic mass is 10.1. The van der Waals surface area contributed by atoms with Crippen molar-refractivity contribution in [1.82, 2.24) is 19.6 Å². The maximum atomic E-state index is 9.94. The molecule has 5 heteroatoms. The van der Waals surface area contributed by atoms with Gasteiger partial charge in [0.15, 0.2) is 0 Å². The van der Waals surface area contributed by atoms with Crippen molar-refractivity contribution in [3.63, 3.8) is 0 Å². The number of nitrogens with zero attached hydrogens (tertiary/aromatic N) is 4. The fourth-order valence-corrected chi connectivity index (χ4v) is 1.71. The molecule has 2 aromatic heterocycles. The Morgan fingerprint density at radius 1 is 1.38 bits per heavy atom. The number of hydrogen-bond acceptors (Lipinski definition) is 3. The second-order valence-corrected chi connectivity index (χ2v) is 3.95. The monoisotopic (exact) mass is 220 g/mol. The predicted octanol–water partition coefficient (Wildman–Crippen LogP) is 0.820. The van der Waals surface area contributed by atoms with Gasteiger partial charge in [-0.3, -0.25) is 9.36 Å². The van der Waals surface area contributed by atoms with Crippen molar-refractivity contribution in [2.75, 3.05) is 0 Å². The molecule has 5 nitrogen and oxygen atoms in total. The minimum atomic E-state index is -0.455. The van der Waals surface area contributed by atoms with Crippen molar-refractivity contribution < 1.29 is 5.11 Å². The van der Waals surface area contributed by atoms with Crippen LogP contribution in [0.1, 0.15) is 23.8 Å². The van der Waals surface area contributed by atoms with Crippen LogP contribution in [0.2, 0.25) is 0 Å². The van der Waals surface area contributed by atoms with Crippen LogP contribution in [0, 0.1) is 0 Å². The zero-order valence-electron chi connectivity index (χ0n) is 9.54. The van der Waals surface area contributed by atoms with Crippen LogP contribution in [0.3, 0.4) is 0 Å². The van der Waals surface area contributed by atoms with E-state index in [1.807, 2.05) is 31.0 Å². The Bertz CT molecular complexity index is 460. The van der Waals surface area contributed by atoms with E-state index in [9.17, 15) is 5.11 Å². The van der Waals surface area contributed by atoms with Crippen molar-refractivity contribution in [1.29, 1.82) is 0 Å². The van der Waals surface area contributed by atoms with Crippen LogP contribution >= 0.6 is 0 Å². The van der Waals surface area contributed by atoms with Crippen molar-refractivity contribution in [2.24, 2.45) is 14.1 Å². The first-order valence-electron chi connectivity index (χ1n) is 5.30. The number of hydrogen-bond donors (Lipinski definition) is 1. The molecule has 0 amide bonds. The molecular formula is C11H16N4O. The summed E-state index contributed by atoms with van der Waals surface area (Å²) in [6, 6.07) is 1.97. The van der Waals surface area contributed by atoms with Gasteiger partial charge in [0.1, 0.15) is 0 Å². The summed E-state index contributed by atoms with van der Waals surface area (Å²) in [5.74, 6) is 0. The lowest BCUT2D eigenvalue weighted by Crippen LogP contribution is -2.03. The van der Waals surface area contributed by atoms with E-state index in [4.69, 9.17) is 0 Å². The van der Waals surface area contributed by atoms with E-state index >= 15 is 0 Å². The summed E-state index contributed by atoms with van der Waals surface area (Å²) < 4.78 is 3.53. The van der Waals surface area contributed by atoms with E-state index in [0.29, 0.717) is 6.42 Å². The van der Waals surface area contributed by atoms with E-state index in [1.54, 1.807) is 17.1 Å². The van der Waals surface area contributed by atoms with Gasteiger partial charge in [-0.15, -0.1) is 0 Å². The molecule has 2 heterocycles. The molecule has 86 valence electrons. The van der Waals surface area contributed by atoms with Crippen LogP contribution in [-0.4, -0.2) is 24.7 Å². The van der Waals surface area contributed by atoms with Gasteiger partial charge in [-0.1, -0.05) is 0 Å². The van der Waals surface area contributed by atoms with Crippen LogP contribution < -0.4 is 0 Å². The average molecular weight is 220 g/mol. The van der Waals surface area contributed by atoms with Crippen molar-refractivity contribution >= 4 is 0 Å². The molecule has 0 aliphatic rings. The first-order chi connectivity index (χ1) is 7.66. The lowest BCUT2D eigenvalue weighted by molar-refractivity contribution is 0.167. The van der Waals surface area contributed by atoms with Crippen LogP contribution in [0.15, 0.2) is 24.7 Å². The molecule has 0 fully saturated rings. The van der Waals surface area contributed by atoms with Crippen LogP contribution in [0.5, 0.6) is 0 Å². The summed E-state index contributed by atoms with van der Waals surface area (Å²) >= 11 is 0. The molecule has 16 heavy (non-hydrogen) atoms. The summed E-state index contributed by atoms with van der Waals surface area (Å²) in [4.78, 5) is 0. The number of aryl methyl sites for hydroxylation is 3. The molecule has 1 N–H and O–H groups in total. The standard InChI is InChI=1S/C11H16N4O/c1-14-8-9(7-13-14)11(16)4-3-10-5-6-12-15(10)2/h5-8,11,16H,3-4H2,1-2H3. The first kappa shape index (κ1) is 10.9. The van der Waals surface area contributed by atoms with Gasteiger partial charge in [0, 0.05) is 37.7 Å². The zero-order chi connectivity index (χ0) is 11.5.